The number of thiocarbonyl (C=S) groups is 1. The normalized spacial score (nSPS) is 16.3. The molecule has 1 saturated heterocycles. The van der Waals surface area contributed by atoms with Gasteiger partial charge in [0, 0.05) is 13.1 Å². The molecule has 1 atom stereocenters. The summed E-state index contributed by atoms with van der Waals surface area (Å²) >= 11 is 11.4. The Morgan fingerprint density at radius 1 is 1.36 bits per heavy atom. The Bertz CT molecular complexity index is 744. The van der Waals surface area contributed by atoms with Crippen molar-refractivity contribution in [2.24, 2.45) is 0 Å². The predicted octanol–water partition coefficient (Wildman–Crippen LogP) is 2.28. The molecule has 152 valence electrons. The predicted molar refractivity (Wildman–Crippen MR) is 110 cm³/mol. The van der Waals surface area contributed by atoms with Crippen LogP contribution in [-0.2, 0) is 14.3 Å². The van der Waals surface area contributed by atoms with E-state index >= 15 is 0 Å². The van der Waals surface area contributed by atoms with Crippen molar-refractivity contribution in [2.75, 3.05) is 19.7 Å². The highest BCUT2D eigenvalue weighted by Gasteiger charge is 2.34. The van der Waals surface area contributed by atoms with E-state index in [1.165, 1.54) is 4.90 Å². The smallest absolute Gasteiger partial charge is 0.308 e. The van der Waals surface area contributed by atoms with E-state index in [9.17, 15) is 14.4 Å². The lowest BCUT2D eigenvalue weighted by Gasteiger charge is -2.36. The minimum atomic E-state index is -0.827. The van der Waals surface area contributed by atoms with Gasteiger partial charge >= 0.3 is 5.97 Å². The first kappa shape index (κ1) is 22.1. The summed E-state index contributed by atoms with van der Waals surface area (Å²) in [6.07, 6.45) is 2.65. The number of halogens is 1. The van der Waals surface area contributed by atoms with Gasteiger partial charge in [-0.2, -0.15) is 0 Å². The third-order valence-corrected chi connectivity index (χ3v) is 4.97. The lowest BCUT2D eigenvalue weighted by molar-refractivity contribution is -0.147. The SMILES string of the molecule is CCCCCOC(=O)CC1C(=O)NCCN1C(=S)NC(=O)c1ccccc1Cl. The lowest BCUT2D eigenvalue weighted by Crippen LogP contribution is -2.60. The van der Waals surface area contributed by atoms with Gasteiger partial charge < -0.3 is 15.0 Å². The van der Waals surface area contributed by atoms with Crippen molar-refractivity contribution in [3.8, 4) is 0 Å². The van der Waals surface area contributed by atoms with Crippen LogP contribution in [0.25, 0.3) is 0 Å². The lowest BCUT2D eigenvalue weighted by atomic mass is 10.1. The molecule has 1 fully saturated rings. The van der Waals surface area contributed by atoms with Crippen molar-refractivity contribution >= 4 is 46.7 Å². The van der Waals surface area contributed by atoms with Gasteiger partial charge in [-0.25, -0.2) is 0 Å². The van der Waals surface area contributed by atoms with Gasteiger partial charge in [0.1, 0.15) is 6.04 Å². The summed E-state index contributed by atoms with van der Waals surface area (Å²) < 4.78 is 5.20. The molecule has 0 radical (unpaired) electrons. The average Bonchev–Trinajstić information content (AvgIpc) is 2.67. The maximum absolute atomic E-state index is 12.4. The molecule has 7 nitrogen and oxygen atoms in total. The summed E-state index contributed by atoms with van der Waals surface area (Å²) in [7, 11) is 0. The first-order valence-corrected chi connectivity index (χ1v) is 10.0. The largest absolute Gasteiger partial charge is 0.466 e. The zero-order chi connectivity index (χ0) is 20.5. The number of nitrogens with zero attached hydrogens (tertiary/aromatic N) is 1. The van der Waals surface area contributed by atoms with E-state index in [-0.39, 0.29) is 23.0 Å². The number of unbranched alkanes of at least 4 members (excludes halogenated alkanes) is 2. The van der Waals surface area contributed by atoms with Gasteiger partial charge in [-0.05, 0) is 30.8 Å². The molecule has 9 heteroatoms. The molecular formula is C19H24ClN3O4S. The fraction of sp³-hybridized carbons (Fsp3) is 0.474. The van der Waals surface area contributed by atoms with E-state index in [1.807, 2.05) is 0 Å². The van der Waals surface area contributed by atoms with Crippen molar-refractivity contribution in [2.45, 2.75) is 38.6 Å². The Balaban J connectivity index is 1.99. The first-order valence-electron chi connectivity index (χ1n) is 9.23. The van der Waals surface area contributed by atoms with Crippen LogP contribution in [0.5, 0.6) is 0 Å². The number of amides is 2. The van der Waals surface area contributed by atoms with Crippen LogP contribution in [0.3, 0.4) is 0 Å². The molecule has 1 aromatic rings. The van der Waals surface area contributed by atoms with Crippen LogP contribution in [0.15, 0.2) is 24.3 Å². The second-order valence-corrected chi connectivity index (χ2v) is 7.16. The number of hydrogen-bond acceptors (Lipinski definition) is 5. The number of ether oxygens (including phenoxy) is 1. The van der Waals surface area contributed by atoms with Gasteiger partial charge in [0.2, 0.25) is 5.91 Å². The van der Waals surface area contributed by atoms with Crippen LogP contribution in [0.1, 0.15) is 43.0 Å². The molecule has 0 bridgehead atoms. The molecule has 2 amide bonds. The molecule has 1 heterocycles. The zero-order valence-electron chi connectivity index (χ0n) is 15.7. The Morgan fingerprint density at radius 2 is 2.11 bits per heavy atom. The number of carbonyl (C=O) groups is 3. The van der Waals surface area contributed by atoms with Crippen molar-refractivity contribution in [1.29, 1.82) is 0 Å². The van der Waals surface area contributed by atoms with Crippen LogP contribution in [0.2, 0.25) is 5.02 Å². The fourth-order valence-electron chi connectivity index (χ4n) is 2.80. The van der Waals surface area contributed by atoms with Crippen LogP contribution in [0.4, 0.5) is 0 Å². The van der Waals surface area contributed by atoms with Crippen molar-refractivity contribution in [3.05, 3.63) is 34.9 Å². The van der Waals surface area contributed by atoms with E-state index in [2.05, 4.69) is 17.6 Å². The van der Waals surface area contributed by atoms with Crippen molar-refractivity contribution in [3.63, 3.8) is 0 Å². The van der Waals surface area contributed by atoms with Gasteiger partial charge in [-0.15, -0.1) is 0 Å². The van der Waals surface area contributed by atoms with E-state index < -0.39 is 17.9 Å². The summed E-state index contributed by atoms with van der Waals surface area (Å²) in [5.41, 5.74) is 0.278. The molecular weight excluding hydrogens is 402 g/mol. The number of hydrogen-bond donors (Lipinski definition) is 2. The standard InChI is InChI=1S/C19H24ClN3O4S/c1-2-3-6-11-27-16(24)12-15-18(26)21-9-10-23(15)19(28)22-17(25)13-7-4-5-8-14(13)20/h4-5,7-8,15H,2-3,6,9-12H2,1H3,(H,21,26)(H,22,25,28). The number of esters is 1. The number of nitrogens with one attached hydrogen (secondary N) is 2. The molecule has 28 heavy (non-hydrogen) atoms. The van der Waals surface area contributed by atoms with E-state index in [0.717, 1.165) is 19.3 Å². The summed E-state index contributed by atoms with van der Waals surface area (Å²) in [5.74, 6) is -1.27. The number of benzene rings is 1. The third-order valence-electron chi connectivity index (χ3n) is 4.30. The Labute approximate surface area is 174 Å². The van der Waals surface area contributed by atoms with Gasteiger partial charge in [0.05, 0.1) is 23.6 Å². The van der Waals surface area contributed by atoms with Gasteiger partial charge in [-0.1, -0.05) is 43.5 Å². The minimum Gasteiger partial charge on any atom is -0.466 e. The molecule has 0 saturated carbocycles. The Morgan fingerprint density at radius 3 is 2.82 bits per heavy atom. The van der Waals surface area contributed by atoms with Crippen LogP contribution in [0, 0.1) is 0 Å². The van der Waals surface area contributed by atoms with E-state index in [4.69, 9.17) is 28.6 Å². The molecule has 1 aromatic carbocycles. The van der Waals surface area contributed by atoms with Gasteiger partial charge in [0.25, 0.3) is 5.91 Å². The van der Waals surface area contributed by atoms with Crippen LogP contribution in [-0.4, -0.2) is 53.5 Å². The first-order chi connectivity index (χ1) is 13.4. The zero-order valence-corrected chi connectivity index (χ0v) is 17.3. The molecule has 0 aromatic heterocycles. The quantitative estimate of drug-likeness (QED) is 0.396. The summed E-state index contributed by atoms with van der Waals surface area (Å²) in [5, 5.41) is 5.67. The molecule has 2 N–H and O–H groups in total. The second kappa shape index (κ2) is 11.0. The van der Waals surface area contributed by atoms with E-state index in [1.54, 1.807) is 24.3 Å². The van der Waals surface area contributed by atoms with Gasteiger partial charge in [-0.3, -0.25) is 19.7 Å². The number of carbonyl (C=O) groups excluding carboxylic acids is 3. The highest BCUT2D eigenvalue weighted by molar-refractivity contribution is 7.80. The van der Waals surface area contributed by atoms with Crippen molar-refractivity contribution in [1.82, 2.24) is 15.5 Å². The summed E-state index contributed by atoms with van der Waals surface area (Å²) in [6, 6.07) is 5.76. The average molecular weight is 426 g/mol. The molecule has 1 aliphatic rings. The fourth-order valence-corrected chi connectivity index (χ4v) is 3.33. The number of rotatable bonds is 7. The monoisotopic (exact) mass is 425 g/mol. The highest BCUT2D eigenvalue weighted by atomic mass is 35.5. The minimum absolute atomic E-state index is 0.0727. The topological polar surface area (TPSA) is 87.7 Å². The van der Waals surface area contributed by atoms with Crippen molar-refractivity contribution < 1.29 is 19.1 Å². The molecule has 0 spiro atoms. The second-order valence-electron chi connectivity index (χ2n) is 6.37. The molecule has 2 rings (SSSR count). The maximum Gasteiger partial charge on any atom is 0.308 e. The summed E-state index contributed by atoms with van der Waals surface area (Å²) in [4.78, 5) is 38.3. The Hall–Kier alpha value is -2.19. The Kier molecular flexibility index (Phi) is 8.66. The molecule has 0 aliphatic carbocycles. The molecule has 1 unspecified atom stereocenters. The van der Waals surface area contributed by atoms with Gasteiger partial charge in [0.15, 0.2) is 5.11 Å². The molecule has 1 aliphatic heterocycles. The summed E-state index contributed by atoms with van der Waals surface area (Å²) in [6.45, 7) is 3.13. The third kappa shape index (κ3) is 6.17. The van der Waals surface area contributed by atoms with E-state index in [0.29, 0.717) is 24.7 Å². The maximum atomic E-state index is 12.4. The highest BCUT2D eigenvalue weighted by Crippen LogP contribution is 2.16. The van der Waals surface area contributed by atoms with Crippen LogP contribution < -0.4 is 10.6 Å². The number of piperazine rings is 1. The van der Waals surface area contributed by atoms with Crippen LogP contribution >= 0.6 is 23.8 Å².